The van der Waals surface area contributed by atoms with Gasteiger partial charge < -0.3 is 9.84 Å². The van der Waals surface area contributed by atoms with Crippen LogP contribution in [0.25, 0.3) is 6.08 Å². The van der Waals surface area contributed by atoms with Crippen molar-refractivity contribution in [1.82, 2.24) is 5.32 Å². The van der Waals surface area contributed by atoms with Crippen LogP contribution >= 0.6 is 31.9 Å². The molecule has 0 spiro atoms. The molecule has 1 fully saturated rings. The number of benzene rings is 3. The number of halogens is 2. The molecule has 0 aromatic heterocycles. The van der Waals surface area contributed by atoms with Crippen LogP contribution in [0.3, 0.4) is 0 Å². The number of carbonyl (C=O) groups is 4. The average Bonchev–Trinajstić information content (AvgIpc) is 2.86. The van der Waals surface area contributed by atoms with Crippen molar-refractivity contribution >= 4 is 67.4 Å². The van der Waals surface area contributed by atoms with E-state index in [0.29, 0.717) is 25.9 Å². The van der Waals surface area contributed by atoms with Crippen molar-refractivity contribution in [3.8, 4) is 5.75 Å². The number of aromatic carboxylic acids is 1. The van der Waals surface area contributed by atoms with Crippen molar-refractivity contribution in [2.45, 2.75) is 20.0 Å². The molecule has 4 amide bonds. The highest BCUT2D eigenvalue weighted by Gasteiger charge is 2.36. The molecule has 188 valence electrons. The number of hydrogen-bond acceptors (Lipinski definition) is 5. The van der Waals surface area contributed by atoms with Crippen molar-refractivity contribution in [2.24, 2.45) is 0 Å². The zero-order chi connectivity index (χ0) is 26.7. The fourth-order valence-electron chi connectivity index (χ4n) is 3.64. The fourth-order valence-corrected chi connectivity index (χ4v) is 5.09. The molecule has 10 heteroatoms. The predicted octanol–water partition coefficient (Wildman–Crippen LogP) is 5.72. The van der Waals surface area contributed by atoms with Gasteiger partial charge in [-0.05, 0) is 97.4 Å². The molecule has 8 nitrogen and oxygen atoms in total. The normalized spacial score (nSPS) is 14.6. The van der Waals surface area contributed by atoms with E-state index in [1.807, 2.05) is 19.1 Å². The maximum Gasteiger partial charge on any atom is 0.335 e. The zero-order valence-corrected chi connectivity index (χ0v) is 22.6. The third-order valence-electron chi connectivity index (χ3n) is 5.62. The van der Waals surface area contributed by atoms with Gasteiger partial charge in [0.2, 0.25) is 0 Å². The molecule has 3 aromatic rings. The Morgan fingerprint density at radius 3 is 2.14 bits per heavy atom. The van der Waals surface area contributed by atoms with Gasteiger partial charge in [0.15, 0.2) is 0 Å². The number of urea groups is 1. The molecule has 3 aromatic carbocycles. The maximum atomic E-state index is 13.2. The standard InChI is InChI=1S/C27H20Br2N2O6/c1-2-15-5-9-19(10-6-15)31-25(33)20(24(32)30-27(31)36)11-17-12-21(28)23(22(29)13-17)37-14-16-3-7-18(8-4-16)26(34)35/h3-13H,2,14H2,1H3,(H,34,35)(H,30,32,36)/b20-11+. The van der Waals surface area contributed by atoms with Crippen molar-refractivity contribution < 1.29 is 29.0 Å². The first kappa shape index (κ1) is 26.3. The van der Waals surface area contributed by atoms with Crippen molar-refractivity contribution in [2.75, 3.05) is 4.90 Å². The molecule has 1 saturated heterocycles. The van der Waals surface area contributed by atoms with E-state index in [2.05, 4.69) is 37.2 Å². The van der Waals surface area contributed by atoms with E-state index < -0.39 is 23.8 Å². The molecular formula is C27H20Br2N2O6. The molecule has 2 N–H and O–H groups in total. The molecule has 4 rings (SSSR count). The lowest BCUT2D eigenvalue weighted by Crippen LogP contribution is -2.54. The van der Waals surface area contributed by atoms with E-state index in [0.717, 1.165) is 22.4 Å². The summed E-state index contributed by atoms with van der Waals surface area (Å²) < 4.78 is 7.00. The Morgan fingerprint density at radius 2 is 1.57 bits per heavy atom. The second-order valence-corrected chi connectivity index (χ2v) is 9.79. The van der Waals surface area contributed by atoms with Crippen LogP contribution in [0.5, 0.6) is 5.75 Å². The third kappa shape index (κ3) is 5.81. The molecule has 1 aliphatic heterocycles. The lowest BCUT2D eigenvalue weighted by Gasteiger charge is -2.26. The molecule has 0 saturated carbocycles. The molecule has 1 heterocycles. The van der Waals surface area contributed by atoms with Crippen molar-refractivity contribution in [3.05, 3.63) is 97.4 Å². The van der Waals surface area contributed by atoms with Crippen LogP contribution in [-0.2, 0) is 22.6 Å². The van der Waals surface area contributed by atoms with E-state index in [1.165, 1.54) is 18.2 Å². The van der Waals surface area contributed by atoms with Gasteiger partial charge in [0.1, 0.15) is 17.9 Å². The minimum atomic E-state index is -1.00. The Balaban J connectivity index is 1.56. The van der Waals surface area contributed by atoms with Gasteiger partial charge in [-0.2, -0.15) is 0 Å². The Labute approximate surface area is 229 Å². The number of hydrogen-bond donors (Lipinski definition) is 2. The number of nitrogens with one attached hydrogen (secondary N) is 1. The second kappa shape index (κ2) is 11.1. The van der Waals surface area contributed by atoms with E-state index >= 15 is 0 Å². The summed E-state index contributed by atoms with van der Waals surface area (Å²) in [5.74, 6) is -2.03. The maximum absolute atomic E-state index is 13.2. The summed E-state index contributed by atoms with van der Waals surface area (Å²) in [5.41, 5.74) is 2.70. The summed E-state index contributed by atoms with van der Waals surface area (Å²) >= 11 is 6.91. The summed E-state index contributed by atoms with van der Waals surface area (Å²) in [6.07, 6.45) is 2.21. The number of amides is 4. The monoisotopic (exact) mass is 626 g/mol. The van der Waals surface area contributed by atoms with E-state index in [9.17, 15) is 19.2 Å². The zero-order valence-electron chi connectivity index (χ0n) is 19.5. The summed E-state index contributed by atoms with van der Waals surface area (Å²) in [6.45, 7) is 2.19. The number of carboxylic acid groups (broad SMARTS) is 1. The molecular weight excluding hydrogens is 608 g/mol. The molecule has 1 aliphatic rings. The van der Waals surface area contributed by atoms with Crippen LogP contribution in [0.4, 0.5) is 10.5 Å². The van der Waals surface area contributed by atoms with Crippen molar-refractivity contribution in [3.63, 3.8) is 0 Å². The number of aryl methyl sites for hydroxylation is 1. The molecule has 37 heavy (non-hydrogen) atoms. The Morgan fingerprint density at radius 1 is 0.973 bits per heavy atom. The first-order valence-electron chi connectivity index (χ1n) is 11.1. The summed E-state index contributed by atoms with van der Waals surface area (Å²) in [7, 11) is 0. The van der Waals surface area contributed by atoms with Crippen LogP contribution < -0.4 is 15.0 Å². The van der Waals surface area contributed by atoms with E-state index in [4.69, 9.17) is 9.84 Å². The van der Waals surface area contributed by atoms with Crippen LogP contribution in [0.1, 0.15) is 34.0 Å². The quantitative estimate of drug-likeness (QED) is 0.256. The minimum absolute atomic E-state index is 0.183. The van der Waals surface area contributed by atoms with Gasteiger partial charge in [-0.25, -0.2) is 14.5 Å². The van der Waals surface area contributed by atoms with Gasteiger partial charge in [-0.3, -0.25) is 14.9 Å². The Hall–Kier alpha value is -3.76. The highest BCUT2D eigenvalue weighted by molar-refractivity contribution is 9.11. The third-order valence-corrected chi connectivity index (χ3v) is 6.80. The highest BCUT2D eigenvalue weighted by atomic mass is 79.9. The second-order valence-electron chi connectivity index (χ2n) is 8.08. The fraction of sp³-hybridized carbons (Fsp3) is 0.111. The molecule has 0 unspecified atom stereocenters. The lowest BCUT2D eigenvalue weighted by atomic mass is 10.1. The summed E-state index contributed by atoms with van der Waals surface area (Å²) in [4.78, 5) is 50.1. The Bertz CT molecular complexity index is 1410. The van der Waals surface area contributed by atoms with Crippen molar-refractivity contribution in [1.29, 1.82) is 0 Å². The number of carboxylic acids is 1. The van der Waals surface area contributed by atoms with Gasteiger partial charge in [0.25, 0.3) is 11.8 Å². The van der Waals surface area contributed by atoms with Gasteiger partial charge in [0, 0.05) is 0 Å². The van der Waals surface area contributed by atoms with Gasteiger partial charge in [-0.15, -0.1) is 0 Å². The number of ether oxygens (including phenoxy) is 1. The number of rotatable bonds is 7. The van der Waals surface area contributed by atoms with Crippen LogP contribution in [0.15, 0.2) is 75.2 Å². The largest absolute Gasteiger partial charge is 0.487 e. The number of anilines is 1. The average molecular weight is 628 g/mol. The molecule has 0 atom stereocenters. The highest BCUT2D eigenvalue weighted by Crippen LogP contribution is 2.36. The minimum Gasteiger partial charge on any atom is -0.487 e. The molecule has 0 bridgehead atoms. The van der Waals surface area contributed by atoms with Crippen LogP contribution in [0.2, 0.25) is 0 Å². The molecule has 0 aliphatic carbocycles. The first-order chi connectivity index (χ1) is 17.7. The van der Waals surface area contributed by atoms with Gasteiger partial charge in [0.05, 0.1) is 20.2 Å². The number of barbiturate groups is 1. The van der Waals surface area contributed by atoms with E-state index in [-0.39, 0.29) is 17.7 Å². The number of carbonyl (C=O) groups excluding carboxylic acids is 3. The molecule has 0 radical (unpaired) electrons. The number of nitrogens with zero attached hydrogens (tertiary/aromatic N) is 1. The smallest absolute Gasteiger partial charge is 0.335 e. The predicted molar refractivity (Wildman–Crippen MR) is 144 cm³/mol. The number of imide groups is 2. The first-order valence-corrected chi connectivity index (χ1v) is 12.7. The van der Waals surface area contributed by atoms with Crippen LogP contribution in [0, 0.1) is 0 Å². The van der Waals surface area contributed by atoms with Gasteiger partial charge in [-0.1, -0.05) is 31.2 Å². The van der Waals surface area contributed by atoms with E-state index in [1.54, 1.807) is 36.4 Å². The Kier molecular flexibility index (Phi) is 7.89. The lowest BCUT2D eigenvalue weighted by molar-refractivity contribution is -0.122. The topological polar surface area (TPSA) is 113 Å². The SMILES string of the molecule is CCc1ccc(N2C(=O)NC(=O)/C(=C\c3cc(Br)c(OCc4ccc(C(=O)O)cc4)c(Br)c3)C2=O)cc1. The summed E-state index contributed by atoms with van der Waals surface area (Å²) in [5, 5.41) is 11.2. The van der Waals surface area contributed by atoms with Crippen LogP contribution in [-0.4, -0.2) is 28.9 Å². The summed E-state index contributed by atoms with van der Waals surface area (Å²) in [6, 6.07) is 15.9. The van der Waals surface area contributed by atoms with Gasteiger partial charge >= 0.3 is 12.0 Å².